The molecular formula is C11H15N3O2. The predicted molar refractivity (Wildman–Crippen MR) is 62.2 cm³/mol. The van der Waals surface area contributed by atoms with Crippen LogP contribution in [0.3, 0.4) is 0 Å². The molecule has 0 heterocycles. The van der Waals surface area contributed by atoms with Gasteiger partial charge in [0.15, 0.2) is 0 Å². The van der Waals surface area contributed by atoms with Crippen LogP contribution in [0.5, 0.6) is 0 Å². The Morgan fingerprint density at radius 2 is 2.06 bits per heavy atom. The Hall–Kier alpha value is -1.88. The van der Waals surface area contributed by atoms with Gasteiger partial charge in [-0.15, -0.1) is 0 Å². The van der Waals surface area contributed by atoms with Crippen LogP contribution < -0.4 is 11.2 Å². The van der Waals surface area contributed by atoms with E-state index in [-0.39, 0.29) is 6.10 Å². The Morgan fingerprint density at radius 1 is 1.44 bits per heavy atom. The molecule has 5 heteroatoms. The van der Waals surface area contributed by atoms with Gasteiger partial charge >= 0.3 is 6.03 Å². The summed E-state index contributed by atoms with van der Waals surface area (Å²) in [6, 6.07) is 8.75. The number of primary amides is 1. The lowest BCUT2D eigenvalue weighted by atomic mass is 10.1. The van der Waals surface area contributed by atoms with Gasteiger partial charge in [-0.1, -0.05) is 30.3 Å². The molecule has 16 heavy (non-hydrogen) atoms. The average molecular weight is 221 g/mol. The second-order valence-corrected chi connectivity index (χ2v) is 3.22. The highest BCUT2D eigenvalue weighted by Gasteiger charge is 2.12. The van der Waals surface area contributed by atoms with Gasteiger partial charge in [0.1, 0.15) is 0 Å². The molecule has 1 unspecified atom stereocenters. The predicted octanol–water partition coefficient (Wildman–Crippen LogP) is 1.09. The molecule has 5 nitrogen and oxygen atoms in total. The normalized spacial score (nSPS) is 13.2. The summed E-state index contributed by atoms with van der Waals surface area (Å²) in [5, 5.41) is 3.93. The lowest BCUT2D eigenvalue weighted by Gasteiger charge is -2.13. The number of carbonyl (C=O) groups excluding carboxylic acids is 1. The minimum absolute atomic E-state index is 0.228. The van der Waals surface area contributed by atoms with Gasteiger partial charge in [0.05, 0.1) is 11.8 Å². The van der Waals surface area contributed by atoms with Crippen LogP contribution >= 0.6 is 0 Å². The van der Waals surface area contributed by atoms with Crippen LogP contribution in [0.4, 0.5) is 4.79 Å². The SMILES string of the molecule is COC(C)C(=NNC(N)=O)c1ccccc1. The summed E-state index contributed by atoms with van der Waals surface area (Å²) in [7, 11) is 1.58. The molecule has 1 atom stereocenters. The number of rotatable bonds is 4. The monoisotopic (exact) mass is 221 g/mol. The third-order valence-corrected chi connectivity index (χ3v) is 2.09. The van der Waals surface area contributed by atoms with Crippen molar-refractivity contribution in [2.24, 2.45) is 10.8 Å². The van der Waals surface area contributed by atoms with Gasteiger partial charge in [0, 0.05) is 12.7 Å². The maximum atomic E-state index is 10.6. The fourth-order valence-corrected chi connectivity index (χ4v) is 1.23. The van der Waals surface area contributed by atoms with E-state index in [4.69, 9.17) is 10.5 Å². The van der Waals surface area contributed by atoms with Crippen LogP contribution in [-0.2, 0) is 4.74 Å². The van der Waals surface area contributed by atoms with Crippen molar-refractivity contribution < 1.29 is 9.53 Å². The van der Waals surface area contributed by atoms with Crippen molar-refractivity contribution in [1.82, 2.24) is 5.43 Å². The van der Waals surface area contributed by atoms with Gasteiger partial charge in [-0.25, -0.2) is 10.2 Å². The number of carbonyl (C=O) groups is 1. The summed E-state index contributed by atoms with van der Waals surface area (Å²) >= 11 is 0. The first-order valence-electron chi connectivity index (χ1n) is 4.86. The number of amides is 2. The van der Waals surface area contributed by atoms with E-state index in [2.05, 4.69) is 10.5 Å². The number of hydrogen-bond donors (Lipinski definition) is 2. The van der Waals surface area contributed by atoms with Gasteiger partial charge in [-0.3, -0.25) is 0 Å². The van der Waals surface area contributed by atoms with Gasteiger partial charge < -0.3 is 10.5 Å². The summed E-state index contributed by atoms with van der Waals surface area (Å²) in [5.74, 6) is 0. The van der Waals surface area contributed by atoms with Gasteiger partial charge in [-0.05, 0) is 6.92 Å². The van der Waals surface area contributed by atoms with Crippen molar-refractivity contribution in [1.29, 1.82) is 0 Å². The smallest absolute Gasteiger partial charge is 0.332 e. The van der Waals surface area contributed by atoms with Crippen molar-refractivity contribution in [2.75, 3.05) is 7.11 Å². The number of ether oxygens (including phenoxy) is 1. The van der Waals surface area contributed by atoms with Crippen LogP contribution in [0, 0.1) is 0 Å². The number of nitrogens with one attached hydrogen (secondary N) is 1. The molecule has 0 radical (unpaired) electrons. The van der Waals surface area contributed by atoms with Crippen molar-refractivity contribution in [3.05, 3.63) is 35.9 Å². The minimum Gasteiger partial charge on any atom is -0.375 e. The fourth-order valence-electron chi connectivity index (χ4n) is 1.23. The number of nitrogens with zero attached hydrogens (tertiary/aromatic N) is 1. The molecule has 0 aromatic heterocycles. The molecule has 1 aromatic carbocycles. The Morgan fingerprint density at radius 3 is 2.56 bits per heavy atom. The molecule has 0 aliphatic rings. The van der Waals surface area contributed by atoms with Crippen LogP contribution in [0.15, 0.2) is 35.4 Å². The first-order valence-corrected chi connectivity index (χ1v) is 4.86. The fraction of sp³-hybridized carbons (Fsp3) is 0.273. The zero-order valence-corrected chi connectivity index (χ0v) is 9.31. The summed E-state index contributed by atoms with van der Waals surface area (Å²) in [6.07, 6.45) is -0.228. The number of hydrazone groups is 1. The summed E-state index contributed by atoms with van der Waals surface area (Å²) in [4.78, 5) is 10.6. The topological polar surface area (TPSA) is 76.7 Å². The summed E-state index contributed by atoms with van der Waals surface area (Å²) in [5.41, 5.74) is 8.68. The maximum Gasteiger partial charge on any atom is 0.332 e. The molecule has 0 saturated heterocycles. The molecule has 0 fully saturated rings. The standard InChI is InChI=1S/C11H15N3O2/c1-8(16-2)10(13-14-11(12)15)9-6-4-3-5-7-9/h3-8H,1-2H3,(H3,12,14,15). The number of methoxy groups -OCH3 is 1. The Bertz CT molecular complexity index is 376. The highest BCUT2D eigenvalue weighted by Crippen LogP contribution is 2.06. The molecule has 86 valence electrons. The lowest BCUT2D eigenvalue weighted by molar-refractivity contribution is 0.170. The Balaban J connectivity index is 2.96. The highest BCUT2D eigenvalue weighted by atomic mass is 16.5. The van der Waals surface area contributed by atoms with E-state index in [0.717, 1.165) is 5.56 Å². The third-order valence-electron chi connectivity index (χ3n) is 2.09. The molecule has 0 spiro atoms. The molecule has 2 amide bonds. The minimum atomic E-state index is -0.697. The van der Waals surface area contributed by atoms with E-state index in [0.29, 0.717) is 5.71 Å². The number of hydrogen-bond acceptors (Lipinski definition) is 3. The second-order valence-electron chi connectivity index (χ2n) is 3.22. The first-order chi connectivity index (χ1) is 7.65. The van der Waals surface area contributed by atoms with Crippen molar-refractivity contribution in [3.8, 4) is 0 Å². The molecule has 0 aliphatic carbocycles. The van der Waals surface area contributed by atoms with E-state index in [1.807, 2.05) is 37.3 Å². The van der Waals surface area contributed by atoms with Gasteiger partial charge in [0.25, 0.3) is 0 Å². The van der Waals surface area contributed by atoms with Gasteiger partial charge in [-0.2, -0.15) is 5.10 Å². The molecule has 1 aromatic rings. The van der Waals surface area contributed by atoms with Crippen LogP contribution in [0.1, 0.15) is 12.5 Å². The Kier molecular flexibility index (Phi) is 4.47. The van der Waals surface area contributed by atoms with Crippen LogP contribution in [-0.4, -0.2) is 25.0 Å². The summed E-state index contributed by atoms with van der Waals surface area (Å²) < 4.78 is 5.18. The number of urea groups is 1. The number of nitrogens with two attached hydrogens (primary N) is 1. The van der Waals surface area contributed by atoms with E-state index in [1.165, 1.54) is 0 Å². The zero-order chi connectivity index (χ0) is 12.0. The second kappa shape index (κ2) is 5.87. The molecule has 0 bridgehead atoms. The van der Waals surface area contributed by atoms with Crippen molar-refractivity contribution >= 4 is 11.7 Å². The summed E-state index contributed by atoms with van der Waals surface area (Å²) in [6.45, 7) is 1.84. The molecular weight excluding hydrogens is 206 g/mol. The first kappa shape index (κ1) is 12.2. The van der Waals surface area contributed by atoms with Crippen molar-refractivity contribution in [3.63, 3.8) is 0 Å². The van der Waals surface area contributed by atoms with Crippen LogP contribution in [0.2, 0.25) is 0 Å². The third kappa shape index (κ3) is 3.36. The quantitative estimate of drug-likeness (QED) is 0.590. The molecule has 0 aliphatic heterocycles. The highest BCUT2D eigenvalue weighted by molar-refractivity contribution is 6.03. The van der Waals surface area contributed by atoms with Crippen LogP contribution in [0.25, 0.3) is 0 Å². The van der Waals surface area contributed by atoms with E-state index in [9.17, 15) is 4.79 Å². The van der Waals surface area contributed by atoms with Gasteiger partial charge in [0.2, 0.25) is 0 Å². The average Bonchev–Trinajstić information content (AvgIpc) is 2.30. The number of benzene rings is 1. The largest absolute Gasteiger partial charge is 0.375 e. The zero-order valence-electron chi connectivity index (χ0n) is 9.31. The molecule has 3 N–H and O–H groups in total. The van der Waals surface area contributed by atoms with E-state index < -0.39 is 6.03 Å². The van der Waals surface area contributed by atoms with Crippen molar-refractivity contribution in [2.45, 2.75) is 13.0 Å². The van der Waals surface area contributed by atoms with E-state index in [1.54, 1.807) is 7.11 Å². The Labute approximate surface area is 94.3 Å². The molecule has 1 rings (SSSR count). The maximum absolute atomic E-state index is 10.6. The lowest BCUT2D eigenvalue weighted by Crippen LogP contribution is -2.29. The van der Waals surface area contributed by atoms with E-state index >= 15 is 0 Å². The molecule has 0 saturated carbocycles.